The predicted octanol–water partition coefficient (Wildman–Crippen LogP) is 12.5. The van der Waals surface area contributed by atoms with E-state index in [1.54, 1.807) is 6.26 Å². The molecule has 0 amide bonds. The normalized spacial score (nSPS) is 10.8. The van der Waals surface area contributed by atoms with Gasteiger partial charge in [0, 0.05) is 27.4 Å². The van der Waals surface area contributed by atoms with Crippen LogP contribution in [0.1, 0.15) is 30.5 Å². The van der Waals surface area contributed by atoms with Gasteiger partial charge in [-0.15, -0.1) is 0 Å². The maximum Gasteiger partial charge on any atom is 0.137 e. The van der Waals surface area contributed by atoms with Gasteiger partial charge in [0.1, 0.15) is 5.58 Å². The average molecular weight is 586 g/mol. The van der Waals surface area contributed by atoms with Crippen LogP contribution < -0.4 is 0 Å². The lowest BCUT2D eigenvalue weighted by Gasteiger charge is -2.13. The molecule has 0 unspecified atom stereocenters. The van der Waals surface area contributed by atoms with Crippen LogP contribution in [0.3, 0.4) is 0 Å². The van der Waals surface area contributed by atoms with Gasteiger partial charge in [0.15, 0.2) is 0 Å². The van der Waals surface area contributed by atoms with E-state index in [1.165, 1.54) is 66.4 Å². The quantitative estimate of drug-likeness (QED) is 0.202. The van der Waals surface area contributed by atoms with E-state index in [9.17, 15) is 0 Å². The fraction of sp³-hybridized carbons (Fsp3) is 0.116. The number of aromatic nitrogens is 1. The number of furan rings is 1. The summed E-state index contributed by atoms with van der Waals surface area (Å²) in [4.78, 5) is 0. The smallest absolute Gasteiger partial charge is 0.137 e. The molecule has 2 nitrogen and oxygen atoms in total. The summed E-state index contributed by atoms with van der Waals surface area (Å²) in [6.45, 7) is 10.4. The zero-order valence-corrected chi connectivity index (χ0v) is 26.7. The summed E-state index contributed by atoms with van der Waals surface area (Å²) in [6, 6.07) is 49.6. The second-order valence-corrected chi connectivity index (χ2v) is 11.2. The molecule has 8 rings (SSSR count). The zero-order valence-electron chi connectivity index (χ0n) is 26.7. The van der Waals surface area contributed by atoms with Crippen LogP contribution in [0.2, 0.25) is 0 Å². The van der Waals surface area contributed by atoms with Gasteiger partial charge < -0.3 is 8.98 Å². The van der Waals surface area contributed by atoms with Crippen LogP contribution in [-0.4, -0.2) is 4.57 Å². The van der Waals surface area contributed by atoms with Crippen molar-refractivity contribution in [2.75, 3.05) is 0 Å². The van der Waals surface area contributed by atoms with Gasteiger partial charge in [0.25, 0.3) is 0 Å². The van der Waals surface area contributed by atoms with Crippen LogP contribution >= 0.6 is 0 Å². The molecule has 0 aliphatic rings. The lowest BCUT2D eigenvalue weighted by atomic mass is 9.92. The molecule has 6 aromatic carbocycles. The monoisotopic (exact) mass is 585 g/mol. The molecule has 0 N–H and O–H groups in total. The van der Waals surface area contributed by atoms with Crippen molar-refractivity contribution in [2.24, 2.45) is 0 Å². The Kier molecular flexibility index (Phi) is 8.66. The van der Waals surface area contributed by atoms with Crippen molar-refractivity contribution in [1.82, 2.24) is 4.57 Å². The fourth-order valence-electron chi connectivity index (χ4n) is 6.10. The summed E-state index contributed by atoms with van der Waals surface area (Å²) < 4.78 is 8.15. The number of para-hydroxylation sites is 2. The van der Waals surface area contributed by atoms with Crippen molar-refractivity contribution in [3.63, 3.8) is 0 Å². The highest BCUT2D eigenvalue weighted by atomic mass is 16.3. The predicted molar refractivity (Wildman–Crippen MR) is 193 cm³/mol. The number of nitrogens with zero attached hydrogens (tertiary/aromatic N) is 1. The van der Waals surface area contributed by atoms with Gasteiger partial charge in [-0.05, 0) is 91.1 Å². The first-order valence-corrected chi connectivity index (χ1v) is 15.8. The highest BCUT2D eigenvalue weighted by molar-refractivity contribution is 6.10. The van der Waals surface area contributed by atoms with Crippen molar-refractivity contribution in [3.8, 4) is 27.9 Å². The van der Waals surface area contributed by atoms with E-state index < -0.39 is 0 Å². The Balaban J connectivity index is 0.000000348. The van der Waals surface area contributed by atoms with Crippen LogP contribution in [-0.2, 0) is 0 Å². The molecule has 0 saturated heterocycles. The second-order valence-electron chi connectivity index (χ2n) is 11.2. The second kappa shape index (κ2) is 13.1. The molecule has 2 heteroatoms. The van der Waals surface area contributed by atoms with Gasteiger partial charge in [-0.25, -0.2) is 0 Å². The summed E-state index contributed by atoms with van der Waals surface area (Å²) in [7, 11) is 0. The van der Waals surface area contributed by atoms with Crippen molar-refractivity contribution in [2.45, 2.75) is 34.6 Å². The number of hydrogen-bond donors (Lipinski definition) is 0. The first kappa shape index (κ1) is 29.7. The van der Waals surface area contributed by atoms with Gasteiger partial charge >= 0.3 is 0 Å². The SMILES string of the molecule is CC.Cc1ccc(-c2ccc3c(c2)c2ccccc2n3-c2ccccc2)cc1-c1ccc2ccoc2c1C.Cc1ccccc1. The molecule has 0 radical (unpaired) electrons. The third-order valence-electron chi connectivity index (χ3n) is 8.36. The number of hydrogen-bond acceptors (Lipinski definition) is 1. The first-order chi connectivity index (χ1) is 22.1. The molecule has 8 aromatic rings. The molecule has 0 aliphatic carbocycles. The minimum Gasteiger partial charge on any atom is -0.464 e. The van der Waals surface area contributed by atoms with Crippen LogP contribution in [0, 0.1) is 20.8 Å². The highest BCUT2D eigenvalue weighted by Gasteiger charge is 2.15. The fourth-order valence-corrected chi connectivity index (χ4v) is 6.10. The molecule has 0 bridgehead atoms. The Labute approximate surface area is 266 Å². The highest BCUT2D eigenvalue weighted by Crippen LogP contribution is 2.38. The minimum atomic E-state index is 0.965. The topological polar surface area (TPSA) is 18.1 Å². The van der Waals surface area contributed by atoms with Crippen molar-refractivity contribution in [1.29, 1.82) is 0 Å². The molecule has 0 fully saturated rings. The standard InChI is InChI=1S/C34H25NO.C7H8.C2H6/c1-22-12-13-25(20-30(22)28-16-14-24-18-19-36-34(24)23(28)2)26-15-17-33-31(21-26)29-10-6-7-11-32(29)35(33)27-8-4-3-5-9-27;1-7-5-3-2-4-6-7;1-2/h3-21H,1-2H3;2-6H,1H3;1-2H3. The van der Waals surface area contributed by atoms with Crippen molar-refractivity contribution < 1.29 is 4.42 Å². The minimum absolute atomic E-state index is 0.965. The Morgan fingerprint density at radius 1 is 0.511 bits per heavy atom. The number of benzene rings is 6. The Morgan fingerprint density at radius 2 is 1.16 bits per heavy atom. The lowest BCUT2D eigenvalue weighted by molar-refractivity contribution is 0.613. The van der Waals surface area contributed by atoms with E-state index in [0.29, 0.717) is 0 Å². The Morgan fingerprint density at radius 3 is 1.89 bits per heavy atom. The molecular weight excluding hydrogens is 546 g/mol. The van der Waals surface area contributed by atoms with Gasteiger partial charge in [-0.2, -0.15) is 0 Å². The number of fused-ring (bicyclic) bond motifs is 4. The van der Waals surface area contributed by atoms with Crippen molar-refractivity contribution >= 4 is 32.8 Å². The molecule has 2 heterocycles. The molecule has 45 heavy (non-hydrogen) atoms. The molecule has 0 atom stereocenters. The average Bonchev–Trinajstić information content (AvgIpc) is 3.71. The summed E-state index contributed by atoms with van der Waals surface area (Å²) >= 11 is 0. The van der Waals surface area contributed by atoms with E-state index >= 15 is 0 Å². The van der Waals surface area contributed by atoms with E-state index in [-0.39, 0.29) is 0 Å². The Bertz CT molecular complexity index is 2200. The molecule has 0 spiro atoms. The van der Waals surface area contributed by atoms with E-state index in [1.807, 2.05) is 38.1 Å². The summed E-state index contributed by atoms with van der Waals surface area (Å²) in [5.74, 6) is 0. The van der Waals surface area contributed by atoms with E-state index in [0.717, 1.165) is 11.0 Å². The summed E-state index contributed by atoms with van der Waals surface area (Å²) in [5.41, 5.74) is 13.2. The van der Waals surface area contributed by atoms with Crippen molar-refractivity contribution in [3.05, 3.63) is 162 Å². The van der Waals surface area contributed by atoms with E-state index in [2.05, 4.69) is 141 Å². The summed E-state index contributed by atoms with van der Waals surface area (Å²) in [6.07, 6.45) is 1.77. The van der Waals surface area contributed by atoms with Gasteiger partial charge in [-0.3, -0.25) is 0 Å². The maximum absolute atomic E-state index is 5.79. The molecular formula is C43H39NO. The van der Waals surface area contributed by atoms with Crippen LogP contribution in [0.25, 0.3) is 60.7 Å². The number of rotatable bonds is 3. The third-order valence-corrected chi connectivity index (χ3v) is 8.36. The zero-order chi connectivity index (χ0) is 31.3. The van der Waals surface area contributed by atoms with Crippen LogP contribution in [0.15, 0.2) is 150 Å². The lowest BCUT2D eigenvalue weighted by Crippen LogP contribution is -1.93. The molecule has 0 aliphatic heterocycles. The largest absolute Gasteiger partial charge is 0.464 e. The Hall–Kier alpha value is -5.34. The summed E-state index contributed by atoms with van der Waals surface area (Å²) in [5, 5.41) is 3.68. The molecule has 222 valence electrons. The van der Waals surface area contributed by atoms with Crippen LogP contribution in [0.4, 0.5) is 0 Å². The van der Waals surface area contributed by atoms with Crippen LogP contribution in [0.5, 0.6) is 0 Å². The van der Waals surface area contributed by atoms with E-state index in [4.69, 9.17) is 4.42 Å². The maximum atomic E-state index is 5.79. The third kappa shape index (κ3) is 5.80. The molecule has 2 aromatic heterocycles. The molecule has 0 saturated carbocycles. The first-order valence-electron chi connectivity index (χ1n) is 15.8. The van der Waals surface area contributed by atoms with Gasteiger partial charge in [0.2, 0.25) is 0 Å². The van der Waals surface area contributed by atoms with Gasteiger partial charge in [0.05, 0.1) is 17.3 Å². The number of aryl methyl sites for hydroxylation is 3. The van der Waals surface area contributed by atoms with Gasteiger partial charge in [-0.1, -0.05) is 116 Å².